The number of amides is 4. The topological polar surface area (TPSA) is 160 Å². The summed E-state index contributed by atoms with van der Waals surface area (Å²) in [4.78, 5) is 58.0. The van der Waals surface area contributed by atoms with Crippen LogP contribution in [-0.4, -0.2) is 54.2 Å². The molecule has 11 heteroatoms. The van der Waals surface area contributed by atoms with Crippen molar-refractivity contribution in [2.24, 2.45) is 16.5 Å². The highest BCUT2D eigenvalue weighted by Gasteiger charge is 2.31. The molecule has 47 heavy (non-hydrogen) atoms. The van der Waals surface area contributed by atoms with Gasteiger partial charge in [-0.3, -0.25) is 14.4 Å². The van der Waals surface area contributed by atoms with Crippen LogP contribution in [0.1, 0.15) is 39.0 Å². The number of carbonyl (C=O) groups excluding carboxylic acids is 4. The highest BCUT2D eigenvalue weighted by Crippen LogP contribution is 2.27. The highest BCUT2D eigenvalue weighted by molar-refractivity contribution is 6.07. The molecule has 1 aliphatic rings. The van der Waals surface area contributed by atoms with Crippen LogP contribution < -0.4 is 21.7 Å². The van der Waals surface area contributed by atoms with Gasteiger partial charge in [0.25, 0.3) is 5.91 Å². The number of fused-ring (bicyclic) bond motifs is 1. The van der Waals surface area contributed by atoms with Crippen molar-refractivity contribution in [2.75, 3.05) is 23.8 Å². The van der Waals surface area contributed by atoms with E-state index in [1.165, 1.54) is 4.90 Å². The second-order valence-corrected chi connectivity index (χ2v) is 11.2. The van der Waals surface area contributed by atoms with Crippen molar-refractivity contribution >= 4 is 41.0 Å². The summed E-state index contributed by atoms with van der Waals surface area (Å²) in [6, 6.07) is 30.2. The largest absolute Gasteiger partial charge is 0.443 e. The number of rotatable bonds is 10. The molecule has 0 fully saturated rings. The third-order valence-electron chi connectivity index (χ3n) is 7.85. The van der Waals surface area contributed by atoms with Crippen molar-refractivity contribution in [3.8, 4) is 0 Å². The minimum atomic E-state index is -0.858. The zero-order valence-electron chi connectivity index (χ0n) is 26.0. The van der Waals surface area contributed by atoms with Crippen molar-refractivity contribution in [1.29, 1.82) is 0 Å². The van der Waals surface area contributed by atoms with Crippen LogP contribution in [0.15, 0.2) is 108 Å². The number of benzene rings is 4. The molecule has 0 spiro atoms. The summed E-state index contributed by atoms with van der Waals surface area (Å²) < 4.78 is 5.17. The van der Waals surface area contributed by atoms with E-state index in [-0.39, 0.29) is 30.7 Å². The van der Waals surface area contributed by atoms with Crippen molar-refractivity contribution in [1.82, 2.24) is 4.90 Å². The fourth-order valence-corrected chi connectivity index (χ4v) is 5.25. The number of amidine groups is 1. The molecule has 1 heterocycles. The lowest BCUT2D eigenvalue weighted by atomic mass is 10.1. The molecule has 4 amide bonds. The first-order valence-corrected chi connectivity index (χ1v) is 15.1. The average molecular weight is 633 g/mol. The van der Waals surface area contributed by atoms with Crippen molar-refractivity contribution in [2.45, 2.75) is 32.0 Å². The van der Waals surface area contributed by atoms with Crippen LogP contribution in [0.25, 0.3) is 0 Å². The van der Waals surface area contributed by atoms with Crippen LogP contribution in [-0.2, 0) is 33.9 Å². The molecule has 11 nitrogen and oxygen atoms in total. The lowest BCUT2D eigenvalue weighted by Gasteiger charge is -2.24. The monoisotopic (exact) mass is 632 g/mol. The van der Waals surface area contributed by atoms with E-state index < -0.39 is 18.0 Å². The van der Waals surface area contributed by atoms with Crippen molar-refractivity contribution < 1.29 is 23.9 Å². The molecular weight excluding hydrogens is 596 g/mol. The van der Waals surface area contributed by atoms with E-state index >= 15 is 0 Å². The Balaban J connectivity index is 1.27. The smallest absolute Gasteiger partial charge is 0.435 e. The summed E-state index contributed by atoms with van der Waals surface area (Å²) in [6.45, 7) is 0.857. The Hall–Kier alpha value is -5.97. The number of nitrogens with one attached hydrogen (secondary N) is 1. The van der Waals surface area contributed by atoms with Gasteiger partial charge in [-0.1, -0.05) is 66.7 Å². The number of nitrogens with zero attached hydrogens (tertiary/aromatic N) is 3. The van der Waals surface area contributed by atoms with Crippen molar-refractivity contribution in [3.05, 3.63) is 131 Å². The van der Waals surface area contributed by atoms with Gasteiger partial charge in [0, 0.05) is 42.6 Å². The minimum Gasteiger partial charge on any atom is -0.443 e. The average Bonchev–Trinajstić information content (AvgIpc) is 3.21. The number of anilines is 2. The highest BCUT2D eigenvalue weighted by atomic mass is 16.5. The SMILES string of the molecule is CN(C(=O)c1ccc2c(c1)NC(CC(N)=O)C(=O)N(CCc1ccccc1)C2)c1ccc(C(N)=NC(=O)OCc2ccccc2)cc1. The summed E-state index contributed by atoms with van der Waals surface area (Å²) in [7, 11) is 1.64. The summed E-state index contributed by atoms with van der Waals surface area (Å²) in [5.41, 5.74) is 16.3. The maximum atomic E-state index is 13.6. The maximum absolute atomic E-state index is 13.6. The van der Waals surface area contributed by atoms with E-state index in [2.05, 4.69) is 10.3 Å². The van der Waals surface area contributed by atoms with Crippen LogP contribution in [0.3, 0.4) is 0 Å². The van der Waals surface area contributed by atoms with Gasteiger partial charge in [0.15, 0.2) is 0 Å². The number of primary amides is 1. The van der Waals surface area contributed by atoms with Crippen molar-refractivity contribution in [3.63, 3.8) is 0 Å². The second-order valence-electron chi connectivity index (χ2n) is 11.2. The molecule has 0 aliphatic carbocycles. The molecule has 0 saturated heterocycles. The van der Waals surface area contributed by atoms with Gasteiger partial charge in [-0.05, 0) is 59.5 Å². The Morgan fingerprint density at radius 2 is 1.53 bits per heavy atom. The van der Waals surface area contributed by atoms with Gasteiger partial charge in [-0.25, -0.2) is 4.79 Å². The van der Waals surface area contributed by atoms with Gasteiger partial charge in [0.2, 0.25) is 11.8 Å². The zero-order chi connectivity index (χ0) is 33.3. The number of ether oxygens (including phenoxy) is 1. The van der Waals surface area contributed by atoms with Gasteiger partial charge in [-0.15, -0.1) is 0 Å². The minimum absolute atomic E-state index is 0.0155. The molecule has 0 aromatic heterocycles. The molecule has 5 rings (SSSR count). The number of nitrogens with two attached hydrogens (primary N) is 2. The molecule has 5 N–H and O–H groups in total. The second kappa shape index (κ2) is 14.9. The van der Waals surface area contributed by atoms with Gasteiger partial charge >= 0.3 is 6.09 Å². The fraction of sp³-hybridized carbons (Fsp3) is 0.194. The molecular formula is C36H36N6O5. The Labute approximate surface area is 272 Å². The summed E-state index contributed by atoms with van der Waals surface area (Å²) in [5, 5.41) is 3.17. The third-order valence-corrected chi connectivity index (χ3v) is 7.85. The van der Waals surface area contributed by atoms with E-state index in [4.69, 9.17) is 16.2 Å². The van der Waals surface area contributed by atoms with Crippen LogP contribution in [0.4, 0.5) is 16.2 Å². The first kappa shape index (κ1) is 32.4. The van der Waals surface area contributed by atoms with E-state index in [0.29, 0.717) is 42.0 Å². The fourth-order valence-electron chi connectivity index (χ4n) is 5.25. The van der Waals surface area contributed by atoms with Gasteiger partial charge in [0.1, 0.15) is 18.5 Å². The summed E-state index contributed by atoms with van der Waals surface area (Å²) in [5.74, 6) is -1.14. The number of carbonyl (C=O) groups is 4. The molecule has 1 unspecified atom stereocenters. The summed E-state index contributed by atoms with van der Waals surface area (Å²) in [6.07, 6.45) is -0.332. The Kier molecular flexibility index (Phi) is 10.3. The summed E-state index contributed by atoms with van der Waals surface area (Å²) >= 11 is 0. The van der Waals surface area contributed by atoms with Gasteiger partial charge in [-0.2, -0.15) is 4.99 Å². The van der Waals surface area contributed by atoms with Crippen LogP contribution in [0.5, 0.6) is 0 Å². The molecule has 0 saturated carbocycles. The molecule has 1 aliphatic heterocycles. The predicted octanol–water partition coefficient (Wildman–Crippen LogP) is 4.25. The lowest BCUT2D eigenvalue weighted by molar-refractivity contribution is -0.134. The third kappa shape index (κ3) is 8.40. The molecule has 240 valence electrons. The first-order valence-electron chi connectivity index (χ1n) is 15.1. The maximum Gasteiger partial charge on any atom is 0.435 e. The molecule has 1 atom stereocenters. The van der Waals surface area contributed by atoms with E-state index in [1.807, 2.05) is 66.7 Å². The van der Waals surface area contributed by atoms with Crippen LogP contribution in [0.2, 0.25) is 0 Å². The predicted molar refractivity (Wildman–Crippen MR) is 180 cm³/mol. The molecule has 0 bridgehead atoms. The Morgan fingerprint density at radius 3 is 2.19 bits per heavy atom. The first-order chi connectivity index (χ1) is 22.7. The Bertz CT molecular complexity index is 1780. The molecule has 4 aromatic rings. The van der Waals surface area contributed by atoms with Crippen LogP contribution >= 0.6 is 0 Å². The quantitative estimate of drug-likeness (QED) is 0.174. The standard InChI is InChI=1S/C36H36N6O5/c1-41(29-16-14-26(15-17-29)33(38)40-36(46)47-23-25-10-6-3-7-11-25)34(44)27-12-13-28-22-42(19-18-24-8-4-2-5-9-24)35(45)31(21-32(37)43)39-30(28)20-27/h2-17,20,31,39H,18-19,21-23H2,1H3,(H2,37,43)(H2,38,40,46). The normalized spacial score (nSPS) is 14.4. The molecule has 0 radical (unpaired) electrons. The van der Waals surface area contributed by atoms with E-state index in [9.17, 15) is 19.2 Å². The lowest BCUT2D eigenvalue weighted by Crippen LogP contribution is -2.43. The number of hydrogen-bond acceptors (Lipinski definition) is 6. The van der Waals surface area contributed by atoms with Gasteiger partial charge in [0.05, 0.1) is 6.42 Å². The van der Waals surface area contributed by atoms with E-state index in [0.717, 1.165) is 16.7 Å². The number of hydrogen-bond donors (Lipinski definition) is 3. The van der Waals surface area contributed by atoms with Crippen LogP contribution in [0, 0.1) is 0 Å². The van der Waals surface area contributed by atoms with Gasteiger partial charge < -0.3 is 31.3 Å². The zero-order valence-corrected chi connectivity index (χ0v) is 26.0. The Morgan fingerprint density at radius 1 is 0.894 bits per heavy atom. The molecule has 4 aromatic carbocycles. The van der Waals surface area contributed by atoms with E-state index in [1.54, 1.807) is 48.3 Å². The number of aliphatic imine (C=N–C) groups is 1.